The van der Waals surface area contributed by atoms with E-state index in [1.165, 1.54) is 22.7 Å². The molecule has 1 amide bonds. The van der Waals surface area contributed by atoms with Gasteiger partial charge in [-0.25, -0.2) is 17.2 Å². The Bertz CT molecular complexity index is 1270. The number of carbonyl (C=O) groups is 1. The van der Waals surface area contributed by atoms with Gasteiger partial charge in [0.25, 0.3) is 0 Å². The van der Waals surface area contributed by atoms with E-state index in [-0.39, 0.29) is 30.6 Å². The average Bonchev–Trinajstić information content (AvgIpc) is 3.15. The number of rotatable bonds is 5. The first-order valence-corrected chi connectivity index (χ1v) is 15.2. The fraction of sp³-hybridized carbons (Fsp3) is 0.536. The molecule has 2 fully saturated rings. The van der Waals surface area contributed by atoms with Crippen LogP contribution in [0, 0.1) is 17.6 Å². The summed E-state index contributed by atoms with van der Waals surface area (Å²) in [6.07, 6.45) is 2.19. The smallest absolute Gasteiger partial charge is 0.227 e. The molecule has 0 aliphatic carbocycles. The lowest BCUT2D eigenvalue weighted by molar-refractivity contribution is -0.135. The van der Waals surface area contributed by atoms with Gasteiger partial charge in [0.05, 0.1) is 12.2 Å². The zero-order chi connectivity index (χ0) is 27.8. The van der Waals surface area contributed by atoms with Crippen molar-refractivity contribution in [1.82, 2.24) is 14.1 Å². The third-order valence-corrected chi connectivity index (χ3v) is 9.38. The monoisotopic (exact) mass is 567 g/mol. The summed E-state index contributed by atoms with van der Waals surface area (Å²) in [5.41, 5.74) is 1.07. The van der Waals surface area contributed by atoms with Crippen molar-refractivity contribution in [2.75, 3.05) is 39.0 Å². The summed E-state index contributed by atoms with van der Waals surface area (Å²) in [6.45, 7) is 7.92. The highest BCUT2D eigenvalue weighted by Crippen LogP contribution is 2.38. The van der Waals surface area contributed by atoms with Crippen LogP contribution in [0.15, 0.2) is 42.5 Å². The maximum absolute atomic E-state index is 14.9. The lowest BCUT2D eigenvalue weighted by Gasteiger charge is -2.32. The molecule has 0 aromatic heterocycles. The van der Waals surface area contributed by atoms with Gasteiger partial charge >= 0.3 is 0 Å². The summed E-state index contributed by atoms with van der Waals surface area (Å²) in [5, 5.41) is 0.611. The molecular weight excluding hydrogens is 532 g/mol. The molecule has 3 unspecified atom stereocenters. The topological polar surface area (TPSA) is 60.9 Å². The molecule has 0 spiro atoms. The third-order valence-electron chi connectivity index (χ3n) is 7.80. The van der Waals surface area contributed by atoms with Crippen LogP contribution in [0.1, 0.15) is 44.2 Å². The van der Waals surface area contributed by atoms with E-state index in [2.05, 4.69) is 25.7 Å². The lowest BCUT2D eigenvalue weighted by atomic mass is 9.87. The van der Waals surface area contributed by atoms with Gasteiger partial charge < -0.3 is 4.90 Å². The molecule has 2 saturated heterocycles. The SMILES string of the molecule is CC(C)(C)N1CC(C(=O)N2CCC(Cc3ccc(Cl)cc3)N(S(C)(=O)=O)CC2)C(c2ccc(F)cc2F)C1. The first-order valence-electron chi connectivity index (χ1n) is 12.9. The Hall–Kier alpha value is -2.07. The van der Waals surface area contributed by atoms with Gasteiger partial charge in [-0.1, -0.05) is 29.8 Å². The molecular formula is C28H36ClF2N3O3S. The van der Waals surface area contributed by atoms with Crippen molar-refractivity contribution < 1.29 is 22.0 Å². The van der Waals surface area contributed by atoms with Crippen LogP contribution in [-0.2, 0) is 21.2 Å². The first-order chi connectivity index (χ1) is 17.7. The molecule has 6 nitrogen and oxygen atoms in total. The first kappa shape index (κ1) is 28.9. The van der Waals surface area contributed by atoms with Crippen molar-refractivity contribution in [3.63, 3.8) is 0 Å². The van der Waals surface area contributed by atoms with Crippen molar-refractivity contribution in [2.24, 2.45) is 5.92 Å². The van der Waals surface area contributed by atoms with Gasteiger partial charge in [0.15, 0.2) is 0 Å². The molecule has 3 atom stereocenters. The number of amides is 1. The number of likely N-dealkylation sites (tertiary alicyclic amines) is 1. The molecule has 10 heteroatoms. The van der Waals surface area contributed by atoms with Gasteiger partial charge in [0.1, 0.15) is 11.6 Å². The number of carbonyl (C=O) groups excluding carboxylic acids is 1. The number of hydrogen-bond donors (Lipinski definition) is 0. The quantitative estimate of drug-likeness (QED) is 0.532. The molecule has 0 bridgehead atoms. The summed E-state index contributed by atoms with van der Waals surface area (Å²) >= 11 is 6.01. The van der Waals surface area contributed by atoms with Crippen LogP contribution in [0.25, 0.3) is 0 Å². The van der Waals surface area contributed by atoms with Crippen molar-refractivity contribution in [3.05, 3.63) is 70.2 Å². The molecule has 208 valence electrons. The molecule has 0 N–H and O–H groups in total. The van der Waals surface area contributed by atoms with Gasteiger partial charge in [-0.3, -0.25) is 9.69 Å². The molecule has 0 radical (unpaired) electrons. The number of halogens is 3. The Kier molecular flexibility index (Phi) is 8.52. The zero-order valence-electron chi connectivity index (χ0n) is 22.3. The average molecular weight is 568 g/mol. The number of nitrogens with zero attached hydrogens (tertiary/aromatic N) is 3. The van der Waals surface area contributed by atoms with Crippen LogP contribution in [0.4, 0.5) is 8.78 Å². The van der Waals surface area contributed by atoms with Crippen molar-refractivity contribution in [2.45, 2.75) is 51.1 Å². The van der Waals surface area contributed by atoms with E-state index in [1.54, 1.807) is 17.0 Å². The van der Waals surface area contributed by atoms with Crippen molar-refractivity contribution in [1.29, 1.82) is 0 Å². The van der Waals surface area contributed by atoms with Crippen LogP contribution in [0.2, 0.25) is 5.02 Å². The number of sulfonamides is 1. The molecule has 2 heterocycles. The fourth-order valence-corrected chi connectivity index (χ4v) is 6.93. The summed E-state index contributed by atoms with van der Waals surface area (Å²) < 4.78 is 55.4. The van der Waals surface area contributed by atoms with Gasteiger partial charge in [-0.15, -0.1) is 0 Å². The minimum absolute atomic E-state index is 0.119. The van der Waals surface area contributed by atoms with Crippen LogP contribution in [0.5, 0.6) is 0 Å². The van der Waals surface area contributed by atoms with E-state index in [4.69, 9.17) is 11.6 Å². The van der Waals surface area contributed by atoms with Crippen LogP contribution >= 0.6 is 11.6 Å². The van der Waals surface area contributed by atoms with E-state index in [0.717, 1.165) is 11.6 Å². The van der Waals surface area contributed by atoms with Crippen molar-refractivity contribution >= 4 is 27.5 Å². The van der Waals surface area contributed by atoms with E-state index in [0.29, 0.717) is 43.1 Å². The van der Waals surface area contributed by atoms with Crippen LogP contribution in [-0.4, -0.2) is 79.0 Å². The Morgan fingerprint density at radius 1 is 1.03 bits per heavy atom. The molecule has 2 aromatic carbocycles. The highest BCUT2D eigenvalue weighted by molar-refractivity contribution is 7.88. The summed E-state index contributed by atoms with van der Waals surface area (Å²) in [6, 6.07) is 10.6. The maximum atomic E-state index is 14.9. The number of hydrogen-bond acceptors (Lipinski definition) is 4. The fourth-order valence-electron chi connectivity index (χ4n) is 5.67. The predicted octanol–water partition coefficient (Wildman–Crippen LogP) is 4.54. The molecule has 2 aliphatic rings. The second-order valence-corrected chi connectivity index (χ2v) is 13.8. The summed E-state index contributed by atoms with van der Waals surface area (Å²) in [7, 11) is -3.51. The van der Waals surface area contributed by atoms with Crippen LogP contribution in [0.3, 0.4) is 0 Å². The predicted molar refractivity (Wildman–Crippen MR) is 146 cm³/mol. The Morgan fingerprint density at radius 3 is 2.32 bits per heavy atom. The van der Waals surface area contributed by atoms with E-state index in [9.17, 15) is 22.0 Å². The molecule has 2 aromatic rings. The van der Waals surface area contributed by atoms with Crippen molar-refractivity contribution in [3.8, 4) is 0 Å². The van der Waals surface area contributed by atoms with Gasteiger partial charge in [0, 0.05) is 61.3 Å². The standard InChI is InChI=1S/C28H36ClF2N3O3S/c1-28(2,3)33-17-24(23-10-9-21(30)16-26(23)31)25(18-33)27(35)32-12-11-22(34(14-13-32)38(4,36)37)15-19-5-7-20(29)8-6-19/h5-10,16,22,24-25H,11-15,17-18H2,1-4H3. The van der Waals surface area contributed by atoms with E-state index < -0.39 is 33.5 Å². The Balaban J connectivity index is 1.58. The molecule has 4 rings (SSSR count). The molecule has 0 saturated carbocycles. The Labute approximate surface area is 229 Å². The third kappa shape index (κ3) is 6.55. The Morgan fingerprint density at radius 2 is 1.71 bits per heavy atom. The van der Waals surface area contributed by atoms with Gasteiger partial charge in [0.2, 0.25) is 15.9 Å². The largest absolute Gasteiger partial charge is 0.341 e. The highest BCUT2D eigenvalue weighted by Gasteiger charge is 2.45. The van der Waals surface area contributed by atoms with Gasteiger partial charge in [-0.2, -0.15) is 4.31 Å². The second-order valence-electron chi connectivity index (χ2n) is 11.4. The molecule has 2 aliphatic heterocycles. The number of benzene rings is 2. The highest BCUT2D eigenvalue weighted by atomic mass is 35.5. The van der Waals surface area contributed by atoms with E-state index in [1.807, 2.05) is 12.1 Å². The lowest BCUT2D eigenvalue weighted by Crippen LogP contribution is -2.44. The minimum atomic E-state index is -3.51. The summed E-state index contributed by atoms with van der Waals surface area (Å²) in [4.78, 5) is 17.9. The molecule has 38 heavy (non-hydrogen) atoms. The minimum Gasteiger partial charge on any atom is -0.341 e. The summed E-state index contributed by atoms with van der Waals surface area (Å²) in [5.74, 6) is -2.37. The van der Waals surface area contributed by atoms with Gasteiger partial charge in [-0.05, 0) is 62.9 Å². The normalized spacial score (nSPS) is 24.0. The maximum Gasteiger partial charge on any atom is 0.227 e. The van der Waals surface area contributed by atoms with Crippen LogP contribution < -0.4 is 0 Å². The van der Waals surface area contributed by atoms with E-state index >= 15 is 0 Å². The second kappa shape index (κ2) is 11.2. The zero-order valence-corrected chi connectivity index (χ0v) is 23.9.